The van der Waals surface area contributed by atoms with Crippen LogP contribution in [0.5, 0.6) is 0 Å². The van der Waals surface area contributed by atoms with Gasteiger partial charge in [-0.25, -0.2) is 0 Å². The molecule has 38 heavy (non-hydrogen) atoms. The topological polar surface area (TPSA) is 36.9 Å². The van der Waals surface area contributed by atoms with Crippen LogP contribution >= 0.6 is 0 Å². The quantitative estimate of drug-likeness (QED) is 0.235. The first-order chi connectivity index (χ1) is 18.2. The second-order valence-corrected chi connectivity index (χ2v) is 12.6. The molecule has 4 nitrogen and oxygen atoms in total. The molecule has 4 heteroatoms. The lowest BCUT2D eigenvalue weighted by Crippen LogP contribution is -2.48. The minimum absolute atomic E-state index is 0.118. The lowest BCUT2D eigenvalue weighted by atomic mass is 9.73. The molecule has 0 aromatic heterocycles. The molecule has 2 aromatic carbocycles. The number of hydrogen-bond donors (Lipinski definition) is 0. The van der Waals surface area contributed by atoms with Gasteiger partial charge in [-0.15, -0.1) is 0 Å². The van der Waals surface area contributed by atoms with E-state index in [1.165, 1.54) is 22.3 Å². The van der Waals surface area contributed by atoms with Gasteiger partial charge in [0.05, 0.1) is 50.8 Å². The molecule has 0 aliphatic carbocycles. The molecule has 2 unspecified atom stereocenters. The van der Waals surface area contributed by atoms with E-state index < -0.39 is 0 Å². The number of ether oxygens (including phenoxy) is 4. The molecule has 2 aromatic rings. The highest BCUT2D eigenvalue weighted by Crippen LogP contribution is 2.43. The third-order valence-electron chi connectivity index (χ3n) is 9.54. The predicted molar refractivity (Wildman–Crippen MR) is 155 cm³/mol. The minimum Gasteiger partial charge on any atom is -0.380 e. The van der Waals surface area contributed by atoms with Crippen LogP contribution in [0.25, 0.3) is 11.1 Å². The fourth-order valence-electron chi connectivity index (χ4n) is 5.89. The molecule has 0 bridgehead atoms. The van der Waals surface area contributed by atoms with Gasteiger partial charge in [-0.05, 0) is 74.6 Å². The lowest BCUT2D eigenvalue weighted by Gasteiger charge is -2.46. The summed E-state index contributed by atoms with van der Waals surface area (Å²) in [5, 5.41) is 0. The molecule has 0 N–H and O–H groups in total. The fourth-order valence-corrected chi connectivity index (χ4v) is 5.89. The Morgan fingerprint density at radius 3 is 1.18 bits per heavy atom. The molecule has 0 spiro atoms. The maximum Gasteiger partial charge on any atom is 0.0724 e. The Bertz CT molecular complexity index is 911. The van der Waals surface area contributed by atoms with E-state index in [4.69, 9.17) is 18.9 Å². The van der Waals surface area contributed by atoms with Crippen molar-refractivity contribution < 1.29 is 18.9 Å². The standard InChI is InChI=1S/C34H50O4/c1-7-31(5,21-33(9-3)23-35-24-33)37-19-27-11-15-29(16-12-27)30-17-13-28(14-18-30)20-38-32(6,8-2)22-34(10-4)25-36-26-34/h11-18H,7-10,19-26H2,1-6H3. The molecule has 4 rings (SSSR count). The lowest BCUT2D eigenvalue weighted by molar-refractivity contribution is -0.166. The van der Waals surface area contributed by atoms with Crippen LogP contribution in [0, 0.1) is 10.8 Å². The monoisotopic (exact) mass is 522 g/mol. The molecule has 2 saturated heterocycles. The first-order valence-corrected chi connectivity index (χ1v) is 14.8. The van der Waals surface area contributed by atoms with Gasteiger partial charge in [-0.2, -0.15) is 0 Å². The zero-order valence-electron chi connectivity index (χ0n) is 24.7. The van der Waals surface area contributed by atoms with Gasteiger partial charge < -0.3 is 18.9 Å². The Morgan fingerprint density at radius 2 is 0.947 bits per heavy atom. The summed E-state index contributed by atoms with van der Waals surface area (Å²) in [5.74, 6) is 0. The third kappa shape index (κ3) is 6.88. The highest BCUT2D eigenvalue weighted by molar-refractivity contribution is 5.63. The summed E-state index contributed by atoms with van der Waals surface area (Å²) in [6, 6.07) is 17.6. The van der Waals surface area contributed by atoms with Crippen LogP contribution in [0.3, 0.4) is 0 Å². The molecule has 2 aliphatic heterocycles. The Morgan fingerprint density at radius 1 is 0.605 bits per heavy atom. The molecule has 2 heterocycles. The van der Waals surface area contributed by atoms with E-state index in [0.29, 0.717) is 24.0 Å². The van der Waals surface area contributed by atoms with Crippen LogP contribution in [-0.4, -0.2) is 37.6 Å². The highest BCUT2D eigenvalue weighted by Gasteiger charge is 2.44. The zero-order chi connectivity index (χ0) is 27.3. The van der Waals surface area contributed by atoms with Gasteiger partial charge in [0.1, 0.15) is 0 Å². The molecule has 0 radical (unpaired) electrons. The molecule has 2 aliphatic rings. The fraction of sp³-hybridized carbons (Fsp3) is 0.647. The Hall–Kier alpha value is -1.72. The van der Waals surface area contributed by atoms with Crippen molar-refractivity contribution in [2.24, 2.45) is 10.8 Å². The first-order valence-electron chi connectivity index (χ1n) is 14.8. The average Bonchev–Trinajstić information content (AvgIpc) is 2.91. The number of hydrogen-bond acceptors (Lipinski definition) is 4. The van der Waals surface area contributed by atoms with E-state index in [0.717, 1.165) is 65.0 Å². The molecule has 2 atom stereocenters. The van der Waals surface area contributed by atoms with Crippen LogP contribution in [0.4, 0.5) is 0 Å². The number of rotatable bonds is 15. The van der Waals surface area contributed by atoms with Gasteiger partial charge in [0.15, 0.2) is 0 Å². The summed E-state index contributed by atoms with van der Waals surface area (Å²) in [7, 11) is 0. The molecule has 0 amide bonds. The third-order valence-corrected chi connectivity index (χ3v) is 9.54. The van der Waals surface area contributed by atoms with Gasteiger partial charge in [-0.3, -0.25) is 0 Å². The van der Waals surface area contributed by atoms with Gasteiger partial charge in [-0.1, -0.05) is 76.2 Å². The second-order valence-electron chi connectivity index (χ2n) is 12.6. The number of benzene rings is 2. The summed E-state index contributed by atoms with van der Waals surface area (Å²) in [6.07, 6.45) is 6.44. The van der Waals surface area contributed by atoms with Gasteiger partial charge >= 0.3 is 0 Å². The molecule has 2 fully saturated rings. The summed E-state index contributed by atoms with van der Waals surface area (Å²) in [5.41, 5.74) is 5.24. The largest absolute Gasteiger partial charge is 0.380 e. The zero-order valence-corrected chi connectivity index (χ0v) is 24.7. The van der Waals surface area contributed by atoms with Crippen LogP contribution in [-0.2, 0) is 32.2 Å². The van der Waals surface area contributed by atoms with Gasteiger partial charge in [0, 0.05) is 10.8 Å². The SMILES string of the molecule is CCC1(CC(C)(CC)OCc2ccc(-c3ccc(COC(C)(CC)CC4(CC)COC4)cc3)cc2)COC1. The van der Waals surface area contributed by atoms with Crippen LogP contribution < -0.4 is 0 Å². The van der Waals surface area contributed by atoms with Crippen molar-refractivity contribution in [3.05, 3.63) is 59.7 Å². The van der Waals surface area contributed by atoms with E-state index in [1.807, 2.05) is 0 Å². The first kappa shape index (κ1) is 29.3. The van der Waals surface area contributed by atoms with E-state index in [2.05, 4.69) is 90.1 Å². The van der Waals surface area contributed by atoms with Crippen molar-refractivity contribution in [3.8, 4) is 11.1 Å². The predicted octanol–water partition coefficient (Wildman–Crippen LogP) is 8.36. The Balaban J connectivity index is 1.30. The minimum atomic E-state index is -0.118. The Labute approximate surface area is 231 Å². The summed E-state index contributed by atoms with van der Waals surface area (Å²) < 4.78 is 24.1. The van der Waals surface area contributed by atoms with Gasteiger partial charge in [0.25, 0.3) is 0 Å². The maximum absolute atomic E-state index is 6.49. The summed E-state index contributed by atoms with van der Waals surface area (Å²) in [4.78, 5) is 0. The normalized spacial score (nSPS) is 21.1. The van der Waals surface area contributed by atoms with Crippen molar-refractivity contribution in [3.63, 3.8) is 0 Å². The molecule has 0 saturated carbocycles. The smallest absolute Gasteiger partial charge is 0.0724 e. The van der Waals surface area contributed by atoms with E-state index in [1.54, 1.807) is 0 Å². The average molecular weight is 523 g/mol. The van der Waals surface area contributed by atoms with Crippen LogP contribution in [0.1, 0.15) is 91.2 Å². The maximum atomic E-state index is 6.49. The van der Waals surface area contributed by atoms with E-state index >= 15 is 0 Å². The van der Waals surface area contributed by atoms with Crippen LogP contribution in [0.2, 0.25) is 0 Å². The van der Waals surface area contributed by atoms with Crippen LogP contribution in [0.15, 0.2) is 48.5 Å². The van der Waals surface area contributed by atoms with E-state index in [9.17, 15) is 0 Å². The van der Waals surface area contributed by atoms with Crippen molar-refractivity contribution in [1.82, 2.24) is 0 Å². The molecule has 210 valence electrons. The van der Waals surface area contributed by atoms with Crippen molar-refractivity contribution in [2.75, 3.05) is 26.4 Å². The summed E-state index contributed by atoms with van der Waals surface area (Å²) >= 11 is 0. The highest BCUT2D eigenvalue weighted by atomic mass is 16.5. The van der Waals surface area contributed by atoms with E-state index in [-0.39, 0.29) is 11.2 Å². The summed E-state index contributed by atoms with van der Waals surface area (Å²) in [6.45, 7) is 18.3. The van der Waals surface area contributed by atoms with Gasteiger partial charge in [0.2, 0.25) is 0 Å². The molecular formula is C34H50O4. The van der Waals surface area contributed by atoms with Crippen molar-refractivity contribution >= 4 is 0 Å². The second kappa shape index (κ2) is 12.2. The Kier molecular flexibility index (Phi) is 9.40. The van der Waals surface area contributed by atoms with Crippen molar-refractivity contribution in [1.29, 1.82) is 0 Å². The van der Waals surface area contributed by atoms with Crippen molar-refractivity contribution in [2.45, 2.75) is 104 Å². The molecular weight excluding hydrogens is 472 g/mol.